The minimum Gasteiger partial charge on any atom is -0.482 e. The third kappa shape index (κ3) is 4.68. The van der Waals surface area contributed by atoms with Crippen molar-refractivity contribution < 1.29 is 33.3 Å². The third-order valence-electron chi connectivity index (χ3n) is 10.7. The Bertz CT molecular complexity index is 1630. The Morgan fingerprint density at radius 3 is 2.59 bits per heavy atom. The summed E-state index contributed by atoms with van der Waals surface area (Å²) < 4.78 is 24.3. The molecule has 1 N–H and O–H groups in total. The molecular formula is C33H37N3O8. The van der Waals surface area contributed by atoms with E-state index in [-0.39, 0.29) is 47.2 Å². The van der Waals surface area contributed by atoms with Crippen LogP contribution < -0.4 is 10.4 Å². The number of carbonyl (C=O) groups is 2. The molecule has 8 atom stereocenters. The van der Waals surface area contributed by atoms with Crippen molar-refractivity contribution in [3.63, 3.8) is 0 Å². The lowest BCUT2D eigenvalue weighted by Gasteiger charge is -2.66. The van der Waals surface area contributed by atoms with Crippen molar-refractivity contribution in [1.29, 1.82) is 0 Å². The Morgan fingerprint density at radius 1 is 1.14 bits per heavy atom. The molecule has 3 aromatic heterocycles. The molecular weight excluding hydrogens is 566 g/mol. The second-order valence-electron chi connectivity index (χ2n) is 13.1. The number of aliphatic hydroxyl groups excluding tert-OH is 1. The Labute approximate surface area is 255 Å². The molecule has 3 unspecified atom stereocenters. The molecule has 6 rings (SSSR count). The Hall–Kier alpha value is -4.12. The molecule has 0 aromatic carbocycles. The highest BCUT2D eigenvalue weighted by Gasteiger charge is 2.70. The van der Waals surface area contributed by atoms with Gasteiger partial charge < -0.3 is 23.7 Å². The predicted molar refractivity (Wildman–Crippen MR) is 156 cm³/mol. The fraction of sp³-hybridized carbons (Fsp3) is 0.515. The number of nitrogens with zero attached hydrogens (tertiary/aromatic N) is 3. The van der Waals surface area contributed by atoms with Crippen LogP contribution >= 0.6 is 0 Å². The molecule has 0 bridgehead atoms. The molecule has 1 aliphatic heterocycles. The van der Waals surface area contributed by atoms with Gasteiger partial charge in [0.1, 0.15) is 28.8 Å². The van der Waals surface area contributed by atoms with E-state index in [0.29, 0.717) is 18.4 Å². The van der Waals surface area contributed by atoms with Crippen LogP contribution in [0.5, 0.6) is 5.75 Å². The summed E-state index contributed by atoms with van der Waals surface area (Å²) in [5, 5.41) is 12.2. The molecule has 0 amide bonds. The van der Waals surface area contributed by atoms with Crippen molar-refractivity contribution in [3.8, 4) is 17.1 Å². The first kappa shape index (κ1) is 29.9. The molecule has 2 fully saturated rings. The number of pyridine rings is 1. The van der Waals surface area contributed by atoms with Gasteiger partial charge in [-0.1, -0.05) is 20.8 Å². The van der Waals surface area contributed by atoms with E-state index in [9.17, 15) is 19.5 Å². The van der Waals surface area contributed by atoms with E-state index in [4.69, 9.17) is 18.6 Å². The van der Waals surface area contributed by atoms with E-state index in [1.54, 1.807) is 30.6 Å². The van der Waals surface area contributed by atoms with E-state index < -0.39 is 46.2 Å². The molecule has 44 heavy (non-hydrogen) atoms. The fourth-order valence-electron chi connectivity index (χ4n) is 8.29. The van der Waals surface area contributed by atoms with Crippen LogP contribution in [0.25, 0.3) is 11.3 Å². The zero-order valence-electron chi connectivity index (χ0n) is 25.5. The van der Waals surface area contributed by atoms with Gasteiger partial charge in [0.2, 0.25) is 0 Å². The number of hydrogen-bond donors (Lipinski definition) is 1. The average Bonchev–Trinajstić information content (AvgIpc) is 2.99. The summed E-state index contributed by atoms with van der Waals surface area (Å²) in [4.78, 5) is 51.2. The quantitative estimate of drug-likeness (QED) is 0.409. The topological polar surface area (TPSA) is 151 Å². The third-order valence-corrected chi connectivity index (χ3v) is 10.7. The maximum absolute atomic E-state index is 13.5. The molecule has 0 radical (unpaired) electrons. The number of esters is 2. The fourth-order valence-corrected chi connectivity index (χ4v) is 8.29. The minimum absolute atomic E-state index is 0.0290. The van der Waals surface area contributed by atoms with Crippen molar-refractivity contribution in [2.45, 2.75) is 71.7 Å². The van der Waals surface area contributed by atoms with Gasteiger partial charge in [-0.05, 0) is 55.6 Å². The first-order chi connectivity index (χ1) is 20.9. The molecule has 3 aliphatic rings. The van der Waals surface area contributed by atoms with E-state index in [1.807, 2.05) is 6.92 Å². The smallest absolute Gasteiger partial charge is 0.358 e. The van der Waals surface area contributed by atoms with Crippen LogP contribution in [-0.4, -0.2) is 50.3 Å². The molecule has 232 valence electrons. The van der Waals surface area contributed by atoms with Crippen molar-refractivity contribution in [2.75, 3.05) is 6.61 Å². The van der Waals surface area contributed by atoms with E-state index in [1.165, 1.54) is 25.5 Å². The molecule has 11 heteroatoms. The van der Waals surface area contributed by atoms with Crippen LogP contribution in [0.4, 0.5) is 0 Å². The van der Waals surface area contributed by atoms with Crippen LogP contribution in [-0.2, 0) is 14.3 Å². The standard InChI is InChI=1S/C33H37N3O8/c1-18-8-9-31(3)24(32(18,4)17-41-19(2)37)14-25(43-29(39)21-16-35-11-12-36-21)33(5)28(31)27(38)26-23(44-33)13-22(42-30(26)40)20-7-6-10-34-15-20/h6-7,10-13,15-16,18,24-25,27-28,38H,8-9,14,17H2,1-5H3/t18-,24?,25-,27-,28?,31-,32?,33+/m0/s1. The van der Waals surface area contributed by atoms with Crippen LogP contribution in [0.2, 0.25) is 0 Å². The molecule has 2 aliphatic carbocycles. The highest BCUT2D eigenvalue weighted by molar-refractivity contribution is 5.87. The Balaban J connectivity index is 1.49. The van der Waals surface area contributed by atoms with Crippen molar-refractivity contribution in [3.05, 3.63) is 70.9 Å². The van der Waals surface area contributed by atoms with Gasteiger partial charge in [-0.15, -0.1) is 0 Å². The van der Waals surface area contributed by atoms with Crippen molar-refractivity contribution in [1.82, 2.24) is 15.0 Å². The molecule has 4 heterocycles. The zero-order valence-corrected chi connectivity index (χ0v) is 25.5. The number of fused-ring (bicyclic) bond motifs is 4. The van der Waals surface area contributed by atoms with Gasteiger partial charge in [0.05, 0.1) is 18.9 Å². The summed E-state index contributed by atoms with van der Waals surface area (Å²) in [7, 11) is 0. The van der Waals surface area contributed by atoms with Gasteiger partial charge >= 0.3 is 17.6 Å². The van der Waals surface area contributed by atoms with Crippen molar-refractivity contribution in [2.24, 2.45) is 28.6 Å². The number of hydrogen-bond acceptors (Lipinski definition) is 11. The van der Waals surface area contributed by atoms with E-state index >= 15 is 0 Å². The van der Waals surface area contributed by atoms with E-state index in [0.717, 1.165) is 6.42 Å². The normalized spacial score (nSPS) is 34.0. The zero-order chi connectivity index (χ0) is 31.4. The highest BCUT2D eigenvalue weighted by Crippen LogP contribution is 2.68. The largest absolute Gasteiger partial charge is 0.482 e. The maximum atomic E-state index is 13.5. The summed E-state index contributed by atoms with van der Waals surface area (Å²) in [5.74, 6) is -1.36. The number of ether oxygens (including phenoxy) is 3. The van der Waals surface area contributed by atoms with E-state index in [2.05, 4.69) is 35.7 Å². The number of aliphatic hydroxyl groups is 1. The van der Waals surface area contributed by atoms with Crippen LogP contribution in [0.15, 0.2) is 58.4 Å². The van der Waals surface area contributed by atoms with Crippen LogP contribution in [0.3, 0.4) is 0 Å². The summed E-state index contributed by atoms with van der Waals surface area (Å²) in [6.45, 7) is 9.71. The minimum atomic E-state index is -1.29. The van der Waals surface area contributed by atoms with Gasteiger partial charge in [0.15, 0.2) is 5.69 Å². The molecule has 0 spiro atoms. The molecule has 0 saturated heterocycles. The summed E-state index contributed by atoms with van der Waals surface area (Å²) in [6, 6.07) is 5.07. The number of aromatic nitrogens is 3. The molecule has 2 saturated carbocycles. The lowest BCUT2D eigenvalue weighted by molar-refractivity contribution is -0.257. The Morgan fingerprint density at radius 2 is 1.91 bits per heavy atom. The predicted octanol–water partition coefficient (Wildman–Crippen LogP) is 4.54. The van der Waals surface area contributed by atoms with Gasteiger partial charge in [0.25, 0.3) is 0 Å². The van der Waals surface area contributed by atoms with Gasteiger partial charge in [-0.2, -0.15) is 0 Å². The molecule has 3 aromatic rings. The van der Waals surface area contributed by atoms with Gasteiger partial charge in [-0.3, -0.25) is 14.8 Å². The van der Waals surface area contributed by atoms with Gasteiger partial charge in [0, 0.05) is 54.7 Å². The number of carbonyl (C=O) groups excluding carboxylic acids is 2. The summed E-state index contributed by atoms with van der Waals surface area (Å²) >= 11 is 0. The lowest BCUT2D eigenvalue weighted by atomic mass is 9.41. The van der Waals surface area contributed by atoms with Gasteiger partial charge in [-0.25, -0.2) is 14.6 Å². The average molecular weight is 604 g/mol. The second-order valence-corrected chi connectivity index (χ2v) is 13.1. The maximum Gasteiger partial charge on any atom is 0.358 e. The monoisotopic (exact) mass is 603 g/mol. The highest BCUT2D eigenvalue weighted by atomic mass is 16.6. The summed E-state index contributed by atoms with van der Waals surface area (Å²) in [5.41, 5.74) is -2.44. The van der Waals surface area contributed by atoms with Crippen molar-refractivity contribution >= 4 is 11.9 Å². The molecule has 11 nitrogen and oxygen atoms in total. The summed E-state index contributed by atoms with van der Waals surface area (Å²) in [6.07, 6.45) is 7.13. The first-order valence-electron chi connectivity index (χ1n) is 14.9. The lowest BCUT2D eigenvalue weighted by Crippen LogP contribution is -2.70. The SMILES string of the molecule is CC(=O)OCC1(C)C2C[C@H](OC(=O)c3cnccn3)[C@@]3(C)Oc4cc(-c5cccnc5)oc(=O)c4[C@H](O)C3[C@@]2(C)CC[C@@H]1C. The first-order valence-corrected chi connectivity index (χ1v) is 14.9. The van der Waals surface area contributed by atoms with Crippen LogP contribution in [0.1, 0.15) is 76.0 Å². The number of rotatable bonds is 5. The van der Waals surface area contributed by atoms with Crippen LogP contribution in [0, 0.1) is 28.6 Å². The second kappa shape index (κ2) is 10.8. The Kier molecular flexibility index (Phi) is 7.34.